The molecule has 0 saturated carbocycles. The number of methoxy groups -OCH3 is 1. The molecule has 118 valence electrons. The van der Waals surface area contributed by atoms with Crippen LogP contribution in [0, 0.1) is 5.92 Å². The van der Waals surface area contributed by atoms with E-state index in [2.05, 4.69) is 20.6 Å². The van der Waals surface area contributed by atoms with Crippen LogP contribution in [0.25, 0.3) is 0 Å². The molecule has 1 amide bonds. The largest absolute Gasteiger partial charge is 0.385 e. The Morgan fingerprint density at radius 2 is 2.24 bits per heavy atom. The van der Waals surface area contributed by atoms with Gasteiger partial charge in [0.05, 0.1) is 6.20 Å². The van der Waals surface area contributed by atoms with Gasteiger partial charge in [0.2, 0.25) is 11.9 Å². The zero-order chi connectivity index (χ0) is 15.8. The second kappa shape index (κ2) is 8.63. The van der Waals surface area contributed by atoms with Crippen molar-refractivity contribution < 1.29 is 9.53 Å². The molecule has 0 aliphatic rings. The van der Waals surface area contributed by atoms with Crippen LogP contribution in [0.2, 0.25) is 5.02 Å². The standard InChI is InChI=1S/C13H21ClN4O3/c1-8(4-5-21-3)11(19)17-9(2)6-15-13-16-7-10(14)12(20)18-13/h7-9H,4-6H2,1-3H3,(H,17,19)(H2,15,16,18,20)/t8?,9-/m1/s1. The minimum Gasteiger partial charge on any atom is -0.385 e. The number of hydrogen-bond donors (Lipinski definition) is 3. The molecule has 0 fully saturated rings. The first kappa shape index (κ1) is 17.5. The van der Waals surface area contributed by atoms with Crippen LogP contribution in [0.3, 0.4) is 0 Å². The molecular weight excluding hydrogens is 296 g/mol. The van der Waals surface area contributed by atoms with Crippen molar-refractivity contribution in [3.8, 4) is 0 Å². The molecule has 2 atom stereocenters. The van der Waals surface area contributed by atoms with E-state index in [9.17, 15) is 9.59 Å². The summed E-state index contributed by atoms with van der Waals surface area (Å²) in [5.74, 6) is 0.178. The minimum atomic E-state index is -0.404. The summed E-state index contributed by atoms with van der Waals surface area (Å²) in [6.45, 7) is 4.71. The average molecular weight is 317 g/mol. The van der Waals surface area contributed by atoms with Gasteiger partial charge < -0.3 is 15.4 Å². The zero-order valence-electron chi connectivity index (χ0n) is 12.4. The van der Waals surface area contributed by atoms with E-state index in [-0.39, 0.29) is 22.9 Å². The first-order valence-electron chi connectivity index (χ1n) is 6.72. The molecule has 0 radical (unpaired) electrons. The third kappa shape index (κ3) is 6.14. The zero-order valence-corrected chi connectivity index (χ0v) is 13.2. The van der Waals surface area contributed by atoms with Gasteiger partial charge in [0, 0.05) is 32.2 Å². The monoisotopic (exact) mass is 316 g/mol. The summed E-state index contributed by atoms with van der Waals surface area (Å²) in [6, 6.07) is -0.108. The molecule has 3 N–H and O–H groups in total. The predicted octanol–water partition coefficient (Wildman–Crippen LogP) is 1.01. The number of amides is 1. The van der Waals surface area contributed by atoms with Gasteiger partial charge in [0.15, 0.2) is 0 Å². The lowest BCUT2D eigenvalue weighted by Crippen LogP contribution is -2.40. The second-order valence-electron chi connectivity index (χ2n) is 4.88. The number of halogens is 1. The molecule has 0 aliphatic carbocycles. The summed E-state index contributed by atoms with van der Waals surface area (Å²) in [7, 11) is 1.61. The number of carbonyl (C=O) groups excluding carboxylic acids is 1. The van der Waals surface area contributed by atoms with Crippen molar-refractivity contribution in [3.05, 3.63) is 21.6 Å². The van der Waals surface area contributed by atoms with Gasteiger partial charge in [-0.1, -0.05) is 18.5 Å². The third-order valence-electron chi connectivity index (χ3n) is 2.92. The lowest BCUT2D eigenvalue weighted by Gasteiger charge is -2.18. The fraction of sp³-hybridized carbons (Fsp3) is 0.615. The van der Waals surface area contributed by atoms with E-state index in [1.165, 1.54) is 6.20 Å². The lowest BCUT2D eigenvalue weighted by atomic mass is 10.1. The third-order valence-corrected chi connectivity index (χ3v) is 3.19. The molecule has 0 aliphatic heterocycles. The van der Waals surface area contributed by atoms with Crippen molar-refractivity contribution in [1.29, 1.82) is 0 Å². The van der Waals surface area contributed by atoms with Crippen LogP contribution in [-0.2, 0) is 9.53 Å². The summed E-state index contributed by atoms with van der Waals surface area (Å²) in [6.07, 6.45) is 1.95. The average Bonchev–Trinajstić information content (AvgIpc) is 2.45. The Morgan fingerprint density at radius 3 is 2.86 bits per heavy atom. The van der Waals surface area contributed by atoms with Crippen molar-refractivity contribution in [1.82, 2.24) is 15.3 Å². The number of nitrogens with one attached hydrogen (secondary N) is 3. The molecule has 0 bridgehead atoms. The Labute approximate surface area is 128 Å². The molecule has 21 heavy (non-hydrogen) atoms. The van der Waals surface area contributed by atoms with Crippen LogP contribution < -0.4 is 16.2 Å². The number of aromatic amines is 1. The van der Waals surface area contributed by atoms with Crippen molar-refractivity contribution in [2.75, 3.05) is 25.6 Å². The van der Waals surface area contributed by atoms with Crippen LogP contribution in [0.1, 0.15) is 20.3 Å². The molecule has 7 nitrogen and oxygen atoms in total. The molecular formula is C13H21ClN4O3. The summed E-state index contributed by atoms with van der Waals surface area (Å²) in [5, 5.41) is 5.85. The summed E-state index contributed by atoms with van der Waals surface area (Å²) < 4.78 is 4.95. The number of hydrogen-bond acceptors (Lipinski definition) is 5. The predicted molar refractivity (Wildman–Crippen MR) is 81.6 cm³/mol. The fourth-order valence-corrected chi connectivity index (χ4v) is 1.68. The van der Waals surface area contributed by atoms with Crippen molar-refractivity contribution in [2.24, 2.45) is 5.92 Å². The highest BCUT2D eigenvalue weighted by Crippen LogP contribution is 2.03. The van der Waals surface area contributed by atoms with Gasteiger partial charge in [-0.05, 0) is 13.3 Å². The smallest absolute Gasteiger partial charge is 0.271 e. The van der Waals surface area contributed by atoms with E-state index in [0.29, 0.717) is 25.5 Å². The molecule has 1 aromatic heterocycles. The molecule has 0 saturated heterocycles. The number of anilines is 1. The quantitative estimate of drug-likeness (QED) is 0.665. The Kier molecular flexibility index (Phi) is 7.18. The number of H-pyrrole nitrogens is 1. The lowest BCUT2D eigenvalue weighted by molar-refractivity contribution is -0.125. The first-order chi connectivity index (χ1) is 9.93. The van der Waals surface area contributed by atoms with E-state index >= 15 is 0 Å². The maximum Gasteiger partial charge on any atom is 0.271 e. The molecule has 1 rings (SSSR count). The van der Waals surface area contributed by atoms with Gasteiger partial charge in [-0.15, -0.1) is 0 Å². The Morgan fingerprint density at radius 1 is 1.52 bits per heavy atom. The first-order valence-corrected chi connectivity index (χ1v) is 7.09. The van der Waals surface area contributed by atoms with Gasteiger partial charge >= 0.3 is 0 Å². The van der Waals surface area contributed by atoms with Crippen molar-refractivity contribution >= 4 is 23.5 Å². The van der Waals surface area contributed by atoms with E-state index in [0.717, 1.165) is 0 Å². The highest BCUT2D eigenvalue weighted by molar-refractivity contribution is 6.30. The number of nitrogens with zero attached hydrogens (tertiary/aromatic N) is 1. The van der Waals surface area contributed by atoms with E-state index in [1.807, 2.05) is 13.8 Å². The Bertz CT molecular complexity index is 520. The van der Waals surface area contributed by atoms with Crippen LogP contribution in [0.5, 0.6) is 0 Å². The molecule has 0 aromatic carbocycles. The van der Waals surface area contributed by atoms with Crippen molar-refractivity contribution in [3.63, 3.8) is 0 Å². The van der Waals surface area contributed by atoms with Crippen LogP contribution in [0.15, 0.2) is 11.0 Å². The maximum absolute atomic E-state index is 11.9. The maximum atomic E-state index is 11.9. The molecule has 1 unspecified atom stereocenters. The number of ether oxygens (including phenoxy) is 1. The van der Waals surface area contributed by atoms with Gasteiger partial charge in [-0.3, -0.25) is 14.6 Å². The molecule has 0 spiro atoms. The molecule has 8 heteroatoms. The Balaban J connectivity index is 2.39. The number of carbonyl (C=O) groups is 1. The van der Waals surface area contributed by atoms with Crippen molar-refractivity contribution in [2.45, 2.75) is 26.3 Å². The molecule has 1 aromatic rings. The van der Waals surface area contributed by atoms with Gasteiger partial charge in [-0.2, -0.15) is 0 Å². The van der Waals surface area contributed by atoms with E-state index in [1.54, 1.807) is 7.11 Å². The van der Waals surface area contributed by atoms with Gasteiger partial charge in [0.1, 0.15) is 5.02 Å². The second-order valence-corrected chi connectivity index (χ2v) is 5.29. The van der Waals surface area contributed by atoms with Gasteiger partial charge in [0.25, 0.3) is 5.56 Å². The number of aromatic nitrogens is 2. The Hall–Kier alpha value is -1.60. The van der Waals surface area contributed by atoms with E-state index < -0.39 is 5.56 Å². The normalized spacial score (nSPS) is 13.5. The SMILES string of the molecule is COCCC(C)C(=O)N[C@H](C)CNc1ncc(Cl)c(=O)[nH]1. The summed E-state index contributed by atoms with van der Waals surface area (Å²) >= 11 is 5.59. The van der Waals surface area contributed by atoms with E-state index in [4.69, 9.17) is 16.3 Å². The number of rotatable bonds is 8. The van der Waals surface area contributed by atoms with Crippen LogP contribution in [-0.4, -0.2) is 42.2 Å². The minimum absolute atomic E-state index is 0.0288. The fourth-order valence-electron chi connectivity index (χ4n) is 1.58. The topological polar surface area (TPSA) is 96.1 Å². The summed E-state index contributed by atoms with van der Waals surface area (Å²) in [4.78, 5) is 29.6. The van der Waals surface area contributed by atoms with Gasteiger partial charge in [-0.25, -0.2) is 4.98 Å². The highest BCUT2D eigenvalue weighted by atomic mass is 35.5. The van der Waals surface area contributed by atoms with Crippen LogP contribution in [0.4, 0.5) is 5.95 Å². The summed E-state index contributed by atoms with van der Waals surface area (Å²) in [5.41, 5.74) is -0.404. The molecule has 1 heterocycles. The highest BCUT2D eigenvalue weighted by Gasteiger charge is 2.15. The van der Waals surface area contributed by atoms with Crippen LogP contribution >= 0.6 is 11.6 Å².